The highest BCUT2D eigenvalue weighted by atomic mass is 32.2. The predicted octanol–water partition coefficient (Wildman–Crippen LogP) is 3.73. The van der Waals surface area contributed by atoms with Crippen molar-refractivity contribution in [1.29, 1.82) is 0 Å². The maximum atomic E-state index is 12.6. The first-order chi connectivity index (χ1) is 10.7. The maximum Gasteiger partial charge on any atom is 0.573 e. The van der Waals surface area contributed by atoms with E-state index in [1.54, 1.807) is 0 Å². The monoisotopic (exact) mass is 350 g/mol. The summed E-state index contributed by atoms with van der Waals surface area (Å²) in [6.07, 6.45) is 0.931. The Balaban J connectivity index is 2.15. The van der Waals surface area contributed by atoms with Gasteiger partial charge in [0.1, 0.15) is 5.75 Å². The van der Waals surface area contributed by atoms with Gasteiger partial charge >= 0.3 is 6.36 Å². The molecule has 2 rings (SSSR count). The van der Waals surface area contributed by atoms with Crippen LogP contribution in [0.4, 0.5) is 13.2 Å². The van der Waals surface area contributed by atoms with Crippen LogP contribution in [0.1, 0.15) is 38.5 Å². The molecular formula is C15H19F3NO3S. The summed E-state index contributed by atoms with van der Waals surface area (Å²) >= 11 is 0. The molecule has 0 aromatic heterocycles. The summed E-state index contributed by atoms with van der Waals surface area (Å²) < 4.78 is 66.5. The molecule has 0 spiro atoms. The molecule has 1 aliphatic rings. The molecule has 0 bridgehead atoms. The lowest BCUT2D eigenvalue weighted by Gasteiger charge is -2.26. The first kappa shape index (κ1) is 18.1. The van der Waals surface area contributed by atoms with Crippen LogP contribution < -0.4 is 4.74 Å². The average molecular weight is 350 g/mol. The number of rotatable bonds is 4. The van der Waals surface area contributed by atoms with Crippen LogP contribution in [0.15, 0.2) is 23.1 Å². The first-order valence-corrected chi connectivity index (χ1v) is 8.90. The lowest BCUT2D eigenvalue weighted by atomic mass is 10.1. The van der Waals surface area contributed by atoms with Gasteiger partial charge in [-0.25, -0.2) is 8.42 Å². The van der Waals surface area contributed by atoms with Crippen molar-refractivity contribution in [2.75, 3.05) is 7.05 Å². The van der Waals surface area contributed by atoms with Crippen LogP contribution in [0, 0.1) is 6.07 Å². The van der Waals surface area contributed by atoms with Gasteiger partial charge in [-0.05, 0) is 31.0 Å². The number of sulfonamides is 1. The van der Waals surface area contributed by atoms with Crippen molar-refractivity contribution < 1.29 is 26.3 Å². The molecule has 8 heteroatoms. The van der Waals surface area contributed by atoms with Gasteiger partial charge in [0.2, 0.25) is 10.0 Å². The van der Waals surface area contributed by atoms with Crippen molar-refractivity contribution in [2.24, 2.45) is 0 Å². The van der Waals surface area contributed by atoms with E-state index >= 15 is 0 Å². The summed E-state index contributed by atoms with van der Waals surface area (Å²) in [5.41, 5.74) is 0. The normalized spacial score (nSPS) is 18.0. The largest absolute Gasteiger partial charge is 0.573 e. The summed E-state index contributed by atoms with van der Waals surface area (Å²) in [6, 6.07) is 5.26. The van der Waals surface area contributed by atoms with E-state index in [9.17, 15) is 21.6 Å². The van der Waals surface area contributed by atoms with Crippen LogP contribution in [-0.4, -0.2) is 32.2 Å². The Labute approximate surface area is 134 Å². The minimum absolute atomic E-state index is 0.0815. The Morgan fingerprint density at radius 2 is 1.78 bits per heavy atom. The summed E-state index contributed by atoms with van der Waals surface area (Å²) in [5.74, 6) is -0.492. The smallest absolute Gasteiger partial charge is 0.406 e. The molecule has 0 heterocycles. The number of nitrogens with zero attached hydrogens (tertiary/aromatic N) is 1. The molecule has 0 amide bonds. The Morgan fingerprint density at radius 1 is 1.17 bits per heavy atom. The Kier molecular flexibility index (Phi) is 5.57. The third kappa shape index (κ3) is 4.84. The lowest BCUT2D eigenvalue weighted by Crippen LogP contribution is -2.36. The van der Waals surface area contributed by atoms with Crippen molar-refractivity contribution in [3.8, 4) is 5.75 Å². The van der Waals surface area contributed by atoms with Crippen LogP contribution in [-0.2, 0) is 10.0 Å². The zero-order valence-electron chi connectivity index (χ0n) is 12.8. The molecule has 23 heavy (non-hydrogen) atoms. The second-order valence-electron chi connectivity index (χ2n) is 5.60. The number of benzene rings is 1. The summed E-state index contributed by atoms with van der Waals surface area (Å²) in [5, 5.41) is 0. The van der Waals surface area contributed by atoms with E-state index in [-0.39, 0.29) is 10.9 Å². The number of alkyl halides is 3. The second kappa shape index (κ2) is 7.09. The Morgan fingerprint density at radius 3 is 2.26 bits per heavy atom. The van der Waals surface area contributed by atoms with Gasteiger partial charge in [-0.1, -0.05) is 25.7 Å². The highest BCUT2D eigenvalue weighted by Gasteiger charge is 2.32. The predicted molar refractivity (Wildman–Crippen MR) is 78.4 cm³/mol. The summed E-state index contributed by atoms with van der Waals surface area (Å²) in [4.78, 5) is -0.154. The number of halogens is 3. The van der Waals surface area contributed by atoms with Gasteiger partial charge in [0.05, 0.1) is 4.90 Å². The van der Waals surface area contributed by atoms with Crippen molar-refractivity contribution in [3.63, 3.8) is 0 Å². The maximum absolute atomic E-state index is 12.6. The highest BCUT2D eigenvalue weighted by molar-refractivity contribution is 7.89. The van der Waals surface area contributed by atoms with E-state index in [2.05, 4.69) is 10.8 Å². The zero-order chi connectivity index (χ0) is 17.1. The molecule has 1 radical (unpaired) electrons. The van der Waals surface area contributed by atoms with Crippen LogP contribution >= 0.6 is 0 Å². The standard InChI is InChI=1S/C15H19F3NO3S/c1-19(12-6-4-2-3-5-7-12)23(20,21)14-10-8-13(9-11-14)22-15(16,17)18/h8-10,12H,2-7H2,1H3. The van der Waals surface area contributed by atoms with Crippen molar-refractivity contribution in [2.45, 2.75) is 55.8 Å². The van der Waals surface area contributed by atoms with Crippen molar-refractivity contribution >= 4 is 10.0 Å². The third-order valence-electron chi connectivity index (χ3n) is 3.99. The van der Waals surface area contributed by atoms with Crippen LogP contribution in [0.25, 0.3) is 0 Å². The van der Waals surface area contributed by atoms with E-state index in [1.807, 2.05) is 0 Å². The van der Waals surface area contributed by atoms with Crippen LogP contribution in [0.3, 0.4) is 0 Å². The molecule has 4 nitrogen and oxygen atoms in total. The van der Waals surface area contributed by atoms with Gasteiger partial charge in [-0.3, -0.25) is 0 Å². The van der Waals surface area contributed by atoms with Crippen molar-refractivity contribution in [3.05, 3.63) is 24.3 Å². The summed E-state index contributed by atoms with van der Waals surface area (Å²) in [6.45, 7) is 0. The molecule has 1 aliphatic carbocycles. The highest BCUT2D eigenvalue weighted by Crippen LogP contribution is 2.28. The van der Waals surface area contributed by atoms with Crippen LogP contribution in [0.5, 0.6) is 5.75 Å². The molecule has 1 fully saturated rings. The van der Waals surface area contributed by atoms with Gasteiger partial charge in [-0.2, -0.15) is 4.31 Å². The third-order valence-corrected chi connectivity index (χ3v) is 5.85. The number of hydrogen-bond acceptors (Lipinski definition) is 3. The molecule has 1 aromatic rings. The fourth-order valence-corrected chi connectivity index (χ4v) is 4.09. The first-order valence-electron chi connectivity index (χ1n) is 7.46. The number of hydrogen-bond donors (Lipinski definition) is 0. The van der Waals surface area contributed by atoms with E-state index in [0.29, 0.717) is 0 Å². The van der Waals surface area contributed by atoms with E-state index < -0.39 is 22.1 Å². The van der Waals surface area contributed by atoms with E-state index in [4.69, 9.17) is 0 Å². The molecule has 0 N–H and O–H groups in total. The second-order valence-corrected chi connectivity index (χ2v) is 7.57. The fraction of sp³-hybridized carbons (Fsp3) is 0.600. The number of ether oxygens (including phenoxy) is 1. The quantitative estimate of drug-likeness (QED) is 0.778. The molecule has 0 saturated heterocycles. The molecule has 1 saturated carbocycles. The van der Waals surface area contributed by atoms with Gasteiger partial charge in [0, 0.05) is 19.2 Å². The van der Waals surface area contributed by atoms with E-state index in [1.165, 1.54) is 11.4 Å². The SMILES string of the molecule is CN(C1CCCCCC1)S(=O)(=O)c1[c]cc(OC(F)(F)F)cc1. The lowest BCUT2D eigenvalue weighted by molar-refractivity contribution is -0.274. The molecule has 0 aliphatic heterocycles. The molecule has 129 valence electrons. The Bertz CT molecular complexity index is 606. The zero-order valence-corrected chi connectivity index (χ0v) is 13.6. The molecular weight excluding hydrogens is 331 g/mol. The Hall–Kier alpha value is -1.28. The van der Waals surface area contributed by atoms with E-state index in [0.717, 1.165) is 56.7 Å². The van der Waals surface area contributed by atoms with Gasteiger partial charge < -0.3 is 4.74 Å². The molecule has 1 aromatic carbocycles. The van der Waals surface area contributed by atoms with Crippen molar-refractivity contribution in [1.82, 2.24) is 4.31 Å². The minimum Gasteiger partial charge on any atom is -0.406 e. The minimum atomic E-state index is -4.81. The van der Waals surface area contributed by atoms with Gasteiger partial charge in [0.25, 0.3) is 0 Å². The average Bonchev–Trinajstić information content (AvgIpc) is 2.74. The van der Waals surface area contributed by atoms with Gasteiger partial charge in [0.15, 0.2) is 0 Å². The topological polar surface area (TPSA) is 46.6 Å². The fourth-order valence-electron chi connectivity index (χ4n) is 2.73. The van der Waals surface area contributed by atoms with Gasteiger partial charge in [-0.15, -0.1) is 13.2 Å². The molecule has 0 atom stereocenters. The summed E-state index contributed by atoms with van der Waals surface area (Å²) in [7, 11) is -2.26. The molecule has 0 unspecified atom stereocenters. The van der Waals surface area contributed by atoms with Crippen LogP contribution in [0.2, 0.25) is 0 Å².